The van der Waals surface area contributed by atoms with Crippen molar-refractivity contribution >= 4 is 15.9 Å². The average Bonchev–Trinajstić information content (AvgIpc) is 3.10. The molecule has 3 nitrogen and oxygen atoms in total. The van der Waals surface area contributed by atoms with Gasteiger partial charge in [-0.2, -0.15) is 0 Å². The first-order valence-corrected chi connectivity index (χ1v) is 6.25. The summed E-state index contributed by atoms with van der Waals surface area (Å²) in [6.45, 7) is 0.594. The topological polar surface area (TPSA) is 41.5 Å². The van der Waals surface area contributed by atoms with Gasteiger partial charge in [-0.3, -0.25) is 0 Å². The van der Waals surface area contributed by atoms with Gasteiger partial charge in [0.1, 0.15) is 5.75 Å². The lowest BCUT2D eigenvalue weighted by Gasteiger charge is -2.14. The molecule has 88 valence electrons. The Morgan fingerprint density at radius 2 is 2.31 bits per heavy atom. The molecule has 1 unspecified atom stereocenters. The first-order chi connectivity index (χ1) is 7.70. The zero-order valence-electron chi connectivity index (χ0n) is 9.24. The van der Waals surface area contributed by atoms with Gasteiger partial charge in [-0.25, -0.2) is 0 Å². The molecule has 2 N–H and O–H groups in total. The van der Waals surface area contributed by atoms with Gasteiger partial charge in [0.05, 0.1) is 13.2 Å². The highest BCUT2D eigenvalue weighted by Crippen LogP contribution is 2.28. The van der Waals surface area contributed by atoms with Crippen molar-refractivity contribution in [3.05, 3.63) is 28.2 Å². The summed E-state index contributed by atoms with van der Waals surface area (Å²) in [5.74, 6) is 0.767. The van der Waals surface area contributed by atoms with Crippen LogP contribution < -0.4 is 10.1 Å². The van der Waals surface area contributed by atoms with E-state index in [1.54, 1.807) is 7.11 Å². The van der Waals surface area contributed by atoms with Crippen LogP contribution in [0.25, 0.3) is 0 Å². The van der Waals surface area contributed by atoms with Crippen LogP contribution in [0.1, 0.15) is 24.5 Å². The molecule has 1 aromatic carbocycles. The second-order valence-corrected chi connectivity index (χ2v) is 4.94. The minimum atomic E-state index is -0.495. The van der Waals surface area contributed by atoms with E-state index in [-0.39, 0.29) is 0 Å². The van der Waals surface area contributed by atoms with E-state index in [1.807, 2.05) is 18.2 Å². The number of rotatable bonds is 5. The average molecular weight is 286 g/mol. The minimum absolute atomic E-state index is 0.495. The lowest BCUT2D eigenvalue weighted by atomic mass is 10.1. The molecule has 0 radical (unpaired) electrons. The Hall–Kier alpha value is -0.580. The standard InChI is InChI=1S/C12H16BrNO2/c1-16-9-4-5-11(13)10(6-9)12(15)7-14-8-2-3-8/h4-6,8,12,14-15H,2-3,7H2,1H3. The van der Waals surface area contributed by atoms with E-state index >= 15 is 0 Å². The van der Waals surface area contributed by atoms with Gasteiger partial charge in [0.2, 0.25) is 0 Å². The number of methoxy groups -OCH3 is 1. The highest BCUT2D eigenvalue weighted by atomic mass is 79.9. The van der Waals surface area contributed by atoms with E-state index in [0.717, 1.165) is 15.8 Å². The van der Waals surface area contributed by atoms with Crippen LogP contribution in [0.3, 0.4) is 0 Å². The Bertz CT molecular complexity index is 366. The molecular formula is C12H16BrNO2. The maximum absolute atomic E-state index is 10.0. The summed E-state index contributed by atoms with van der Waals surface area (Å²) < 4.78 is 6.06. The second kappa shape index (κ2) is 5.17. The van der Waals surface area contributed by atoms with Crippen molar-refractivity contribution in [2.24, 2.45) is 0 Å². The molecule has 0 saturated heterocycles. The molecule has 2 rings (SSSR count). The summed E-state index contributed by atoms with van der Waals surface area (Å²) in [4.78, 5) is 0. The number of hydrogen-bond donors (Lipinski definition) is 2. The third-order valence-electron chi connectivity index (χ3n) is 2.74. The molecule has 1 atom stereocenters. The smallest absolute Gasteiger partial charge is 0.119 e. The van der Waals surface area contributed by atoms with Gasteiger partial charge in [-0.1, -0.05) is 15.9 Å². The fourth-order valence-corrected chi connectivity index (χ4v) is 2.09. The van der Waals surface area contributed by atoms with Crippen LogP contribution in [0.5, 0.6) is 5.75 Å². The van der Waals surface area contributed by atoms with Crippen LogP contribution in [0, 0.1) is 0 Å². The first kappa shape index (κ1) is 11.9. The van der Waals surface area contributed by atoms with Gasteiger partial charge < -0.3 is 15.2 Å². The Morgan fingerprint density at radius 1 is 1.56 bits per heavy atom. The van der Waals surface area contributed by atoms with Gasteiger partial charge in [0.25, 0.3) is 0 Å². The third-order valence-corrected chi connectivity index (χ3v) is 3.46. The van der Waals surface area contributed by atoms with Crippen molar-refractivity contribution < 1.29 is 9.84 Å². The van der Waals surface area contributed by atoms with Crippen LogP contribution >= 0.6 is 15.9 Å². The minimum Gasteiger partial charge on any atom is -0.497 e. The summed E-state index contributed by atoms with van der Waals surface area (Å²) in [5, 5.41) is 13.4. The number of benzene rings is 1. The fourth-order valence-electron chi connectivity index (χ4n) is 1.58. The molecule has 4 heteroatoms. The highest BCUT2D eigenvalue weighted by Gasteiger charge is 2.22. The van der Waals surface area contributed by atoms with Crippen molar-refractivity contribution in [3.63, 3.8) is 0 Å². The summed E-state index contributed by atoms with van der Waals surface area (Å²) in [6.07, 6.45) is 1.96. The van der Waals surface area contributed by atoms with E-state index < -0.39 is 6.10 Å². The van der Waals surface area contributed by atoms with Gasteiger partial charge >= 0.3 is 0 Å². The molecule has 0 heterocycles. The van der Waals surface area contributed by atoms with E-state index in [0.29, 0.717) is 12.6 Å². The SMILES string of the molecule is COc1ccc(Br)c(C(O)CNC2CC2)c1. The summed E-state index contributed by atoms with van der Waals surface area (Å²) in [5.41, 5.74) is 0.868. The number of nitrogens with one attached hydrogen (secondary N) is 1. The van der Waals surface area contributed by atoms with Crippen LogP contribution in [0.4, 0.5) is 0 Å². The molecule has 1 aliphatic carbocycles. The largest absolute Gasteiger partial charge is 0.497 e. The number of ether oxygens (including phenoxy) is 1. The first-order valence-electron chi connectivity index (χ1n) is 5.45. The summed E-state index contributed by atoms with van der Waals surface area (Å²) in [6, 6.07) is 6.24. The molecule has 0 spiro atoms. The Kier molecular flexibility index (Phi) is 3.84. The Labute approximate surface area is 104 Å². The van der Waals surface area contributed by atoms with Gasteiger partial charge in [-0.15, -0.1) is 0 Å². The Balaban J connectivity index is 2.04. The normalized spacial score (nSPS) is 17.2. The fraction of sp³-hybridized carbons (Fsp3) is 0.500. The molecule has 1 fully saturated rings. The molecule has 16 heavy (non-hydrogen) atoms. The molecule has 0 aliphatic heterocycles. The molecule has 0 amide bonds. The van der Waals surface area contributed by atoms with Crippen LogP contribution in [0.15, 0.2) is 22.7 Å². The third kappa shape index (κ3) is 2.97. The number of hydrogen-bond acceptors (Lipinski definition) is 3. The molecule has 0 aromatic heterocycles. The van der Waals surface area contributed by atoms with Crippen molar-refractivity contribution in [2.75, 3.05) is 13.7 Å². The van der Waals surface area contributed by atoms with Crippen LogP contribution in [-0.4, -0.2) is 24.8 Å². The molecule has 1 aliphatic rings. The maximum atomic E-state index is 10.0. The van der Waals surface area contributed by atoms with E-state index in [1.165, 1.54) is 12.8 Å². The molecule has 1 aromatic rings. The lowest BCUT2D eigenvalue weighted by Crippen LogP contribution is -2.23. The van der Waals surface area contributed by atoms with E-state index in [9.17, 15) is 5.11 Å². The van der Waals surface area contributed by atoms with Crippen molar-refractivity contribution in [2.45, 2.75) is 25.0 Å². The van der Waals surface area contributed by atoms with E-state index in [2.05, 4.69) is 21.2 Å². The van der Waals surface area contributed by atoms with Gasteiger partial charge in [0, 0.05) is 17.1 Å². The van der Waals surface area contributed by atoms with Crippen molar-refractivity contribution in [3.8, 4) is 5.75 Å². The molecule has 0 bridgehead atoms. The predicted octanol–water partition coefficient (Wildman–Crippen LogP) is 2.24. The van der Waals surface area contributed by atoms with Gasteiger partial charge in [-0.05, 0) is 36.6 Å². The maximum Gasteiger partial charge on any atom is 0.119 e. The zero-order chi connectivity index (χ0) is 11.5. The second-order valence-electron chi connectivity index (χ2n) is 4.09. The van der Waals surface area contributed by atoms with Gasteiger partial charge in [0.15, 0.2) is 0 Å². The zero-order valence-corrected chi connectivity index (χ0v) is 10.8. The number of halogens is 1. The number of aliphatic hydroxyl groups excluding tert-OH is 1. The summed E-state index contributed by atoms with van der Waals surface area (Å²) in [7, 11) is 1.63. The summed E-state index contributed by atoms with van der Waals surface area (Å²) >= 11 is 3.44. The molecular weight excluding hydrogens is 270 g/mol. The highest BCUT2D eigenvalue weighted by molar-refractivity contribution is 9.10. The Morgan fingerprint density at radius 3 is 2.94 bits per heavy atom. The van der Waals surface area contributed by atoms with E-state index in [4.69, 9.17) is 4.74 Å². The van der Waals surface area contributed by atoms with Crippen LogP contribution in [0.2, 0.25) is 0 Å². The predicted molar refractivity (Wildman–Crippen MR) is 66.7 cm³/mol. The van der Waals surface area contributed by atoms with Crippen molar-refractivity contribution in [1.29, 1.82) is 0 Å². The molecule has 1 saturated carbocycles. The monoisotopic (exact) mass is 285 g/mol. The lowest BCUT2D eigenvalue weighted by molar-refractivity contribution is 0.173. The number of aliphatic hydroxyl groups is 1. The van der Waals surface area contributed by atoms with Crippen molar-refractivity contribution in [1.82, 2.24) is 5.32 Å². The quantitative estimate of drug-likeness (QED) is 0.872. The van der Waals surface area contributed by atoms with Crippen LogP contribution in [-0.2, 0) is 0 Å².